The smallest absolute Gasteiger partial charge is 0.253 e. The Balaban J connectivity index is 1.74. The first-order valence-corrected chi connectivity index (χ1v) is 8.99. The van der Waals surface area contributed by atoms with Crippen LogP contribution in [0.4, 0.5) is 17.1 Å². The molecule has 0 radical (unpaired) electrons. The second-order valence-corrected chi connectivity index (χ2v) is 6.51. The molecule has 1 amide bonds. The fourth-order valence-electron chi connectivity index (χ4n) is 2.86. The first-order valence-electron chi connectivity index (χ1n) is 8.99. The molecular weight excluding hydrogens is 312 g/mol. The van der Waals surface area contributed by atoms with Crippen molar-refractivity contribution in [2.24, 2.45) is 0 Å². The van der Waals surface area contributed by atoms with Crippen molar-refractivity contribution in [3.05, 3.63) is 47.8 Å². The standard InChI is InChI=1S/C20H26N4O/c1-4-24(5-2)18-8-9-19(14(3)10-18)22-17-11-15(12-21-13-17)20(25)23-16-6-7-16/h8-13,16,22H,4-7H2,1-3H3,(H,23,25). The van der Waals surface area contributed by atoms with Gasteiger partial charge >= 0.3 is 0 Å². The van der Waals surface area contributed by atoms with E-state index in [4.69, 9.17) is 0 Å². The average Bonchev–Trinajstić information content (AvgIpc) is 3.42. The molecule has 2 N–H and O–H groups in total. The van der Waals surface area contributed by atoms with Crippen molar-refractivity contribution in [1.29, 1.82) is 0 Å². The number of nitrogens with zero attached hydrogens (tertiary/aromatic N) is 2. The largest absolute Gasteiger partial charge is 0.372 e. The molecule has 3 rings (SSSR count). The zero-order valence-corrected chi connectivity index (χ0v) is 15.2. The minimum Gasteiger partial charge on any atom is -0.372 e. The topological polar surface area (TPSA) is 57.3 Å². The Hall–Kier alpha value is -2.56. The number of hydrogen-bond acceptors (Lipinski definition) is 4. The maximum atomic E-state index is 12.2. The summed E-state index contributed by atoms with van der Waals surface area (Å²) < 4.78 is 0. The molecule has 0 saturated heterocycles. The number of aromatic nitrogens is 1. The lowest BCUT2D eigenvalue weighted by Gasteiger charge is -2.22. The molecule has 0 unspecified atom stereocenters. The van der Waals surface area contributed by atoms with Crippen LogP contribution in [-0.2, 0) is 0 Å². The Morgan fingerprint density at radius 3 is 2.60 bits per heavy atom. The first-order chi connectivity index (χ1) is 12.1. The van der Waals surface area contributed by atoms with Gasteiger partial charge in [0.15, 0.2) is 0 Å². The number of benzene rings is 1. The molecule has 1 aromatic carbocycles. The summed E-state index contributed by atoms with van der Waals surface area (Å²) in [4.78, 5) is 18.7. The summed E-state index contributed by atoms with van der Waals surface area (Å²) in [6.45, 7) is 8.39. The van der Waals surface area contributed by atoms with Gasteiger partial charge in [-0.1, -0.05) is 0 Å². The second kappa shape index (κ2) is 7.55. The minimum atomic E-state index is -0.0488. The SMILES string of the molecule is CCN(CC)c1ccc(Nc2cncc(C(=O)NC3CC3)c2)c(C)c1. The third-order valence-electron chi connectivity index (χ3n) is 4.53. The van der Waals surface area contributed by atoms with E-state index in [1.54, 1.807) is 12.4 Å². The van der Waals surface area contributed by atoms with Gasteiger partial charge < -0.3 is 15.5 Å². The van der Waals surface area contributed by atoms with E-state index in [0.717, 1.165) is 42.9 Å². The van der Waals surface area contributed by atoms with E-state index in [0.29, 0.717) is 11.6 Å². The highest BCUT2D eigenvalue weighted by molar-refractivity contribution is 5.95. The zero-order valence-electron chi connectivity index (χ0n) is 15.2. The van der Waals surface area contributed by atoms with Crippen LogP contribution in [0.15, 0.2) is 36.7 Å². The van der Waals surface area contributed by atoms with Crippen LogP contribution < -0.4 is 15.5 Å². The molecule has 1 saturated carbocycles. The van der Waals surface area contributed by atoms with Crippen molar-refractivity contribution >= 4 is 23.0 Å². The molecule has 1 aliphatic carbocycles. The molecule has 2 aromatic rings. The Morgan fingerprint density at radius 2 is 1.96 bits per heavy atom. The summed E-state index contributed by atoms with van der Waals surface area (Å²) in [6.07, 6.45) is 5.51. The minimum absolute atomic E-state index is 0.0488. The summed E-state index contributed by atoms with van der Waals surface area (Å²) in [5, 5.41) is 6.37. The first kappa shape index (κ1) is 17.3. The summed E-state index contributed by atoms with van der Waals surface area (Å²) in [5.74, 6) is -0.0488. The van der Waals surface area contributed by atoms with Crippen LogP contribution in [0, 0.1) is 6.92 Å². The number of rotatable bonds is 7. The van der Waals surface area contributed by atoms with Gasteiger partial charge in [-0.3, -0.25) is 9.78 Å². The highest BCUT2D eigenvalue weighted by Crippen LogP contribution is 2.26. The van der Waals surface area contributed by atoms with E-state index in [9.17, 15) is 4.79 Å². The van der Waals surface area contributed by atoms with E-state index in [2.05, 4.69) is 59.5 Å². The molecule has 5 heteroatoms. The monoisotopic (exact) mass is 338 g/mol. The fraction of sp³-hybridized carbons (Fsp3) is 0.400. The van der Waals surface area contributed by atoms with Gasteiger partial charge in [-0.05, 0) is 63.4 Å². The van der Waals surface area contributed by atoms with Crippen molar-refractivity contribution in [2.45, 2.75) is 39.7 Å². The predicted octanol–water partition coefficient (Wildman–Crippen LogP) is 3.87. The van der Waals surface area contributed by atoms with Gasteiger partial charge in [0, 0.05) is 36.7 Å². The summed E-state index contributed by atoms with van der Waals surface area (Å²) in [5.41, 5.74) is 4.83. The van der Waals surface area contributed by atoms with E-state index < -0.39 is 0 Å². The van der Waals surface area contributed by atoms with Gasteiger partial charge in [-0.2, -0.15) is 0 Å². The highest BCUT2D eigenvalue weighted by Gasteiger charge is 2.24. The molecule has 0 bridgehead atoms. The second-order valence-electron chi connectivity index (χ2n) is 6.51. The predicted molar refractivity (Wildman–Crippen MR) is 103 cm³/mol. The lowest BCUT2D eigenvalue weighted by molar-refractivity contribution is 0.0950. The molecular formula is C20H26N4O. The Labute approximate surface area is 149 Å². The molecule has 0 aliphatic heterocycles. The third kappa shape index (κ3) is 4.29. The fourth-order valence-corrected chi connectivity index (χ4v) is 2.86. The number of aryl methyl sites for hydroxylation is 1. The molecule has 0 spiro atoms. The van der Waals surface area contributed by atoms with Crippen LogP contribution in [0.3, 0.4) is 0 Å². The van der Waals surface area contributed by atoms with E-state index in [1.165, 1.54) is 5.69 Å². The van der Waals surface area contributed by atoms with Crippen molar-refractivity contribution in [3.8, 4) is 0 Å². The molecule has 1 aromatic heterocycles. The summed E-state index contributed by atoms with van der Waals surface area (Å²) in [7, 11) is 0. The number of nitrogens with one attached hydrogen (secondary N) is 2. The van der Waals surface area contributed by atoms with Crippen LogP contribution in [-0.4, -0.2) is 30.0 Å². The Kier molecular flexibility index (Phi) is 5.22. The molecule has 132 valence electrons. The number of anilines is 3. The maximum absolute atomic E-state index is 12.2. The quantitative estimate of drug-likeness (QED) is 0.804. The molecule has 0 atom stereocenters. The van der Waals surface area contributed by atoms with Crippen LogP contribution in [0.2, 0.25) is 0 Å². The average molecular weight is 338 g/mol. The lowest BCUT2D eigenvalue weighted by atomic mass is 10.1. The van der Waals surface area contributed by atoms with Crippen LogP contribution in [0.25, 0.3) is 0 Å². The summed E-state index contributed by atoms with van der Waals surface area (Å²) >= 11 is 0. The molecule has 25 heavy (non-hydrogen) atoms. The van der Waals surface area contributed by atoms with E-state index >= 15 is 0 Å². The van der Waals surface area contributed by atoms with E-state index in [-0.39, 0.29) is 5.91 Å². The zero-order chi connectivity index (χ0) is 17.8. The summed E-state index contributed by atoms with van der Waals surface area (Å²) in [6, 6.07) is 8.59. The van der Waals surface area contributed by atoms with Gasteiger partial charge in [-0.15, -0.1) is 0 Å². The van der Waals surface area contributed by atoms with Gasteiger partial charge in [0.25, 0.3) is 5.91 Å². The molecule has 1 heterocycles. The molecule has 1 fully saturated rings. The van der Waals surface area contributed by atoms with Crippen molar-refractivity contribution < 1.29 is 4.79 Å². The van der Waals surface area contributed by atoms with Gasteiger partial charge in [0.2, 0.25) is 0 Å². The van der Waals surface area contributed by atoms with Crippen LogP contribution in [0.1, 0.15) is 42.6 Å². The molecule has 1 aliphatic rings. The van der Waals surface area contributed by atoms with Crippen molar-refractivity contribution in [1.82, 2.24) is 10.3 Å². The number of carbonyl (C=O) groups excluding carboxylic acids is 1. The van der Waals surface area contributed by atoms with Crippen molar-refractivity contribution in [2.75, 3.05) is 23.3 Å². The highest BCUT2D eigenvalue weighted by atomic mass is 16.1. The van der Waals surface area contributed by atoms with E-state index in [1.807, 2.05) is 6.07 Å². The number of carbonyl (C=O) groups is 1. The maximum Gasteiger partial charge on any atom is 0.253 e. The van der Waals surface area contributed by atoms with Crippen LogP contribution >= 0.6 is 0 Å². The normalized spacial score (nSPS) is 13.4. The number of amides is 1. The Morgan fingerprint density at radius 1 is 1.20 bits per heavy atom. The molecule has 5 nitrogen and oxygen atoms in total. The third-order valence-corrected chi connectivity index (χ3v) is 4.53. The van der Waals surface area contributed by atoms with Crippen LogP contribution in [0.5, 0.6) is 0 Å². The Bertz CT molecular complexity index is 751. The van der Waals surface area contributed by atoms with Gasteiger partial charge in [0.1, 0.15) is 0 Å². The lowest BCUT2D eigenvalue weighted by Crippen LogP contribution is -2.25. The van der Waals surface area contributed by atoms with Gasteiger partial charge in [0.05, 0.1) is 17.4 Å². The van der Waals surface area contributed by atoms with Gasteiger partial charge in [-0.25, -0.2) is 0 Å². The van der Waals surface area contributed by atoms with Crippen molar-refractivity contribution in [3.63, 3.8) is 0 Å². The number of hydrogen-bond donors (Lipinski definition) is 2. The number of pyridine rings is 1.